The molecule has 19 heavy (non-hydrogen) atoms. The van der Waals surface area contributed by atoms with Gasteiger partial charge in [0.15, 0.2) is 0 Å². The lowest BCUT2D eigenvalue weighted by molar-refractivity contribution is 0.179. The highest BCUT2D eigenvalue weighted by atomic mass is 16.2. The lowest BCUT2D eigenvalue weighted by atomic mass is 9.92. The Morgan fingerprint density at radius 3 is 2.68 bits per heavy atom. The Balaban J connectivity index is 1.76. The normalized spacial score (nSPS) is 16.4. The van der Waals surface area contributed by atoms with Gasteiger partial charge in [0.1, 0.15) is 0 Å². The predicted octanol–water partition coefficient (Wildman–Crippen LogP) is 3.52. The molecule has 1 N–H and O–H groups in total. The third-order valence-electron chi connectivity index (χ3n) is 3.80. The number of hydrogen-bond acceptors (Lipinski definition) is 2. The zero-order valence-electron chi connectivity index (χ0n) is 11.6. The van der Waals surface area contributed by atoms with Gasteiger partial charge in [-0.1, -0.05) is 26.2 Å². The van der Waals surface area contributed by atoms with E-state index in [0.29, 0.717) is 0 Å². The number of pyridine rings is 1. The van der Waals surface area contributed by atoms with E-state index in [2.05, 4.69) is 17.2 Å². The molecule has 1 saturated heterocycles. The second kappa shape index (κ2) is 7.12. The number of aromatic nitrogens is 1. The van der Waals surface area contributed by atoms with Crippen LogP contribution in [0.4, 0.5) is 10.5 Å². The lowest BCUT2D eigenvalue weighted by Gasteiger charge is -2.32. The molecule has 1 aliphatic heterocycles. The molecule has 0 radical (unpaired) electrons. The largest absolute Gasteiger partial charge is 0.325 e. The van der Waals surface area contributed by atoms with Crippen molar-refractivity contribution in [3.05, 3.63) is 24.5 Å². The number of carbonyl (C=O) groups excluding carboxylic acids is 1. The average molecular weight is 261 g/mol. The number of hydrogen-bond donors (Lipinski definition) is 1. The topological polar surface area (TPSA) is 45.2 Å². The van der Waals surface area contributed by atoms with E-state index < -0.39 is 0 Å². The van der Waals surface area contributed by atoms with Gasteiger partial charge < -0.3 is 10.2 Å². The van der Waals surface area contributed by atoms with Gasteiger partial charge in [0.05, 0.1) is 0 Å². The van der Waals surface area contributed by atoms with Crippen molar-refractivity contribution in [2.45, 2.75) is 39.0 Å². The SMILES string of the molecule is CCCCC1CCN(C(=O)Nc2ccncc2)CC1. The van der Waals surface area contributed by atoms with E-state index >= 15 is 0 Å². The highest BCUT2D eigenvalue weighted by molar-refractivity contribution is 5.89. The van der Waals surface area contributed by atoms with Gasteiger partial charge in [-0.25, -0.2) is 4.79 Å². The first-order valence-corrected chi connectivity index (χ1v) is 7.25. The monoisotopic (exact) mass is 261 g/mol. The Bertz CT molecular complexity index is 386. The second-order valence-electron chi connectivity index (χ2n) is 5.24. The zero-order chi connectivity index (χ0) is 13.5. The molecule has 0 saturated carbocycles. The molecule has 104 valence electrons. The summed E-state index contributed by atoms with van der Waals surface area (Å²) in [5.41, 5.74) is 0.813. The van der Waals surface area contributed by atoms with Crippen LogP contribution in [0.1, 0.15) is 39.0 Å². The number of rotatable bonds is 4. The first kappa shape index (κ1) is 13.8. The van der Waals surface area contributed by atoms with Crippen molar-refractivity contribution < 1.29 is 4.79 Å². The van der Waals surface area contributed by atoms with E-state index in [1.54, 1.807) is 12.4 Å². The molecular formula is C15H23N3O. The van der Waals surface area contributed by atoms with Crippen molar-refractivity contribution in [2.75, 3.05) is 18.4 Å². The van der Waals surface area contributed by atoms with Crippen LogP contribution in [0.2, 0.25) is 0 Å². The number of nitrogens with one attached hydrogen (secondary N) is 1. The van der Waals surface area contributed by atoms with E-state index in [9.17, 15) is 4.79 Å². The summed E-state index contributed by atoms with van der Waals surface area (Å²) in [6.45, 7) is 3.99. The average Bonchev–Trinajstić information content (AvgIpc) is 2.46. The maximum atomic E-state index is 12.1. The fourth-order valence-electron chi connectivity index (χ4n) is 2.56. The highest BCUT2D eigenvalue weighted by Gasteiger charge is 2.22. The van der Waals surface area contributed by atoms with Crippen LogP contribution in [0.5, 0.6) is 0 Å². The van der Waals surface area contributed by atoms with E-state index in [1.807, 2.05) is 17.0 Å². The molecule has 0 atom stereocenters. The summed E-state index contributed by atoms with van der Waals surface area (Å²) in [6, 6.07) is 3.64. The third kappa shape index (κ3) is 4.23. The summed E-state index contributed by atoms with van der Waals surface area (Å²) in [4.78, 5) is 17.9. The van der Waals surface area contributed by atoms with Gasteiger partial charge in [-0.05, 0) is 30.9 Å². The maximum absolute atomic E-state index is 12.1. The van der Waals surface area contributed by atoms with Crippen molar-refractivity contribution in [3.63, 3.8) is 0 Å². The van der Waals surface area contributed by atoms with Crippen LogP contribution in [0, 0.1) is 5.92 Å². The smallest absolute Gasteiger partial charge is 0.321 e. The minimum atomic E-state index is 0.0140. The number of unbranched alkanes of at least 4 members (excludes halogenated alkanes) is 1. The number of likely N-dealkylation sites (tertiary alicyclic amines) is 1. The number of piperidine rings is 1. The molecule has 0 aromatic carbocycles. The molecule has 0 bridgehead atoms. The van der Waals surface area contributed by atoms with E-state index in [-0.39, 0.29) is 6.03 Å². The van der Waals surface area contributed by atoms with Crippen LogP contribution in [0.15, 0.2) is 24.5 Å². The van der Waals surface area contributed by atoms with E-state index in [0.717, 1.165) is 37.5 Å². The number of nitrogens with zero attached hydrogens (tertiary/aromatic N) is 2. The molecule has 0 unspecified atom stereocenters. The fourth-order valence-corrected chi connectivity index (χ4v) is 2.56. The summed E-state index contributed by atoms with van der Waals surface area (Å²) in [5.74, 6) is 0.810. The molecule has 4 nitrogen and oxygen atoms in total. The van der Waals surface area contributed by atoms with Crippen molar-refractivity contribution in [2.24, 2.45) is 5.92 Å². The molecule has 1 aromatic rings. The minimum Gasteiger partial charge on any atom is -0.325 e. The predicted molar refractivity (Wildman–Crippen MR) is 77.1 cm³/mol. The Hall–Kier alpha value is -1.58. The first-order chi connectivity index (χ1) is 9.29. The molecule has 0 spiro atoms. The number of urea groups is 1. The van der Waals surface area contributed by atoms with Gasteiger partial charge in [-0.15, -0.1) is 0 Å². The third-order valence-corrected chi connectivity index (χ3v) is 3.80. The van der Waals surface area contributed by atoms with Gasteiger partial charge in [0.25, 0.3) is 0 Å². The molecule has 0 aliphatic carbocycles. The zero-order valence-corrected chi connectivity index (χ0v) is 11.6. The summed E-state index contributed by atoms with van der Waals surface area (Å²) in [5, 5.41) is 2.92. The molecule has 1 aliphatic rings. The summed E-state index contributed by atoms with van der Waals surface area (Å²) < 4.78 is 0. The lowest BCUT2D eigenvalue weighted by Crippen LogP contribution is -2.41. The fraction of sp³-hybridized carbons (Fsp3) is 0.600. The maximum Gasteiger partial charge on any atom is 0.321 e. The summed E-state index contributed by atoms with van der Waals surface area (Å²) in [7, 11) is 0. The molecule has 2 heterocycles. The van der Waals surface area contributed by atoms with Gasteiger partial charge >= 0.3 is 6.03 Å². The molecule has 1 aromatic heterocycles. The van der Waals surface area contributed by atoms with Gasteiger partial charge in [-0.3, -0.25) is 4.98 Å². The number of anilines is 1. The summed E-state index contributed by atoms with van der Waals surface area (Å²) >= 11 is 0. The number of amides is 2. The Labute approximate surface area is 115 Å². The highest BCUT2D eigenvalue weighted by Crippen LogP contribution is 2.22. The Morgan fingerprint density at radius 1 is 1.37 bits per heavy atom. The quantitative estimate of drug-likeness (QED) is 0.901. The summed E-state index contributed by atoms with van der Waals surface area (Å²) in [6.07, 6.45) is 9.56. The van der Waals surface area contributed by atoms with Crippen LogP contribution in [0.25, 0.3) is 0 Å². The second-order valence-corrected chi connectivity index (χ2v) is 5.24. The molecule has 2 amide bonds. The molecule has 4 heteroatoms. The van der Waals surface area contributed by atoms with Crippen LogP contribution in [-0.2, 0) is 0 Å². The first-order valence-electron chi connectivity index (χ1n) is 7.25. The van der Waals surface area contributed by atoms with E-state index in [1.165, 1.54) is 19.3 Å². The Kier molecular flexibility index (Phi) is 5.19. The van der Waals surface area contributed by atoms with Gasteiger partial charge in [0.2, 0.25) is 0 Å². The van der Waals surface area contributed by atoms with Gasteiger partial charge in [-0.2, -0.15) is 0 Å². The van der Waals surface area contributed by atoms with Crippen LogP contribution in [0.3, 0.4) is 0 Å². The standard InChI is InChI=1S/C15H23N3O/c1-2-3-4-13-7-11-18(12-8-13)15(19)17-14-5-9-16-10-6-14/h5-6,9-10,13H,2-4,7-8,11-12H2,1H3,(H,16,17,19). The molecule has 2 rings (SSSR count). The van der Waals surface area contributed by atoms with Crippen LogP contribution in [-0.4, -0.2) is 29.0 Å². The van der Waals surface area contributed by atoms with Crippen molar-refractivity contribution in [1.29, 1.82) is 0 Å². The van der Waals surface area contributed by atoms with Crippen LogP contribution < -0.4 is 5.32 Å². The van der Waals surface area contributed by atoms with Crippen LogP contribution >= 0.6 is 0 Å². The van der Waals surface area contributed by atoms with Crippen molar-refractivity contribution in [1.82, 2.24) is 9.88 Å². The minimum absolute atomic E-state index is 0.0140. The molecule has 1 fully saturated rings. The van der Waals surface area contributed by atoms with Gasteiger partial charge in [0, 0.05) is 31.2 Å². The number of carbonyl (C=O) groups is 1. The van der Waals surface area contributed by atoms with Crippen molar-refractivity contribution >= 4 is 11.7 Å². The van der Waals surface area contributed by atoms with Crippen molar-refractivity contribution in [3.8, 4) is 0 Å². The Morgan fingerprint density at radius 2 is 2.05 bits per heavy atom. The van der Waals surface area contributed by atoms with E-state index in [4.69, 9.17) is 0 Å². The molecular weight excluding hydrogens is 238 g/mol.